The zero-order chi connectivity index (χ0) is 11.8. The van der Waals surface area contributed by atoms with E-state index in [-0.39, 0.29) is 36.0 Å². The minimum absolute atomic E-state index is 0. The van der Waals surface area contributed by atoms with E-state index < -0.39 is 5.97 Å². The van der Waals surface area contributed by atoms with Gasteiger partial charge in [-0.2, -0.15) is 0 Å². The number of allylic oxidation sites excluding steroid dienone is 3. The summed E-state index contributed by atoms with van der Waals surface area (Å²) in [4.78, 5) is 10.3. The van der Waals surface area contributed by atoms with E-state index in [1.54, 1.807) is 0 Å². The Morgan fingerprint density at radius 1 is 1.38 bits per heavy atom. The smallest absolute Gasteiger partial charge is 0.550 e. The molecule has 0 spiro atoms. The zero-order valence-corrected chi connectivity index (χ0v) is 13.0. The number of aliphatic carboxylic acids is 1. The topological polar surface area (TPSA) is 40.1 Å². The molecule has 0 radical (unpaired) electrons. The Bertz CT molecular complexity index is 253. The van der Waals surface area contributed by atoms with Gasteiger partial charge in [-0.25, -0.2) is 0 Å². The summed E-state index contributed by atoms with van der Waals surface area (Å²) in [6.45, 7) is 10.2. The second-order valence-corrected chi connectivity index (χ2v) is 4.29. The van der Waals surface area contributed by atoms with Crippen molar-refractivity contribution in [2.45, 2.75) is 46.5 Å². The normalized spacial score (nSPS) is 11.2. The van der Waals surface area contributed by atoms with Gasteiger partial charge in [0.05, 0.1) is 0 Å². The third-order valence-corrected chi connectivity index (χ3v) is 2.50. The Hall–Kier alpha value is -0.0500. The summed E-state index contributed by atoms with van der Waals surface area (Å²) in [5.74, 6) is -0.604. The number of carbonyl (C=O) groups excluding carboxylic acids is 1. The van der Waals surface area contributed by atoms with Gasteiger partial charge in [0.2, 0.25) is 0 Å². The summed E-state index contributed by atoms with van der Waals surface area (Å²) in [5.41, 5.74) is 2.34. The van der Waals surface area contributed by atoms with Crippen LogP contribution in [-0.4, -0.2) is 5.97 Å². The van der Waals surface area contributed by atoms with Crippen LogP contribution in [0.3, 0.4) is 0 Å². The molecule has 16 heavy (non-hydrogen) atoms. The predicted octanol–water partition coefficient (Wildman–Crippen LogP) is -0.541. The molecular formula is C13H21NaO2. The molecule has 0 saturated heterocycles. The van der Waals surface area contributed by atoms with Crippen LogP contribution >= 0.6 is 0 Å². The molecule has 0 unspecified atom stereocenters. The van der Waals surface area contributed by atoms with Crippen LogP contribution in [0, 0.1) is 5.92 Å². The van der Waals surface area contributed by atoms with Crippen molar-refractivity contribution in [2.24, 2.45) is 5.92 Å². The fourth-order valence-electron chi connectivity index (χ4n) is 1.34. The Labute approximate surface area is 121 Å². The Morgan fingerprint density at radius 3 is 2.38 bits per heavy atom. The van der Waals surface area contributed by atoms with Crippen LogP contribution in [0.5, 0.6) is 0 Å². The van der Waals surface area contributed by atoms with E-state index in [1.165, 1.54) is 5.57 Å². The van der Waals surface area contributed by atoms with Crippen LogP contribution < -0.4 is 34.7 Å². The van der Waals surface area contributed by atoms with Crippen molar-refractivity contribution in [3.8, 4) is 0 Å². The quantitative estimate of drug-likeness (QED) is 0.437. The van der Waals surface area contributed by atoms with Crippen molar-refractivity contribution >= 4 is 5.97 Å². The van der Waals surface area contributed by atoms with E-state index in [9.17, 15) is 9.90 Å². The summed E-state index contributed by atoms with van der Waals surface area (Å²) < 4.78 is 0. The third kappa shape index (κ3) is 10.5. The van der Waals surface area contributed by atoms with Crippen molar-refractivity contribution in [2.75, 3.05) is 0 Å². The maximum absolute atomic E-state index is 10.3. The minimum Gasteiger partial charge on any atom is -0.550 e. The van der Waals surface area contributed by atoms with Crippen molar-refractivity contribution < 1.29 is 39.5 Å². The monoisotopic (exact) mass is 232 g/mol. The van der Waals surface area contributed by atoms with Crippen LogP contribution in [0.25, 0.3) is 0 Å². The molecule has 0 saturated carbocycles. The molecule has 0 aromatic rings. The second kappa shape index (κ2) is 10.1. The summed E-state index contributed by atoms with van der Waals surface area (Å²) >= 11 is 0. The van der Waals surface area contributed by atoms with Crippen molar-refractivity contribution in [1.82, 2.24) is 0 Å². The number of hydrogen-bond donors (Lipinski definition) is 0. The average Bonchev–Trinajstić information content (AvgIpc) is 2.13. The number of rotatable bonds is 7. The van der Waals surface area contributed by atoms with Gasteiger partial charge in [-0.3, -0.25) is 0 Å². The molecular weight excluding hydrogens is 211 g/mol. The van der Waals surface area contributed by atoms with Gasteiger partial charge in [0.1, 0.15) is 0 Å². The van der Waals surface area contributed by atoms with E-state index in [1.807, 2.05) is 0 Å². The third-order valence-electron chi connectivity index (χ3n) is 2.50. The molecule has 86 valence electrons. The summed E-state index contributed by atoms with van der Waals surface area (Å²) in [6, 6.07) is 0. The molecule has 0 aliphatic heterocycles. The Morgan fingerprint density at radius 2 is 1.94 bits per heavy atom. The Balaban J connectivity index is 0. The SMILES string of the molecule is C=C(CCC(=O)[O-])[C@H](C)CCC=C(C)C.[Na+]. The molecule has 0 heterocycles. The predicted molar refractivity (Wildman–Crippen MR) is 61.2 cm³/mol. The van der Waals surface area contributed by atoms with Gasteiger partial charge in [-0.1, -0.05) is 30.7 Å². The molecule has 0 N–H and O–H groups in total. The standard InChI is InChI=1S/C13H22O2.Na/c1-10(2)6-5-7-11(3)12(4)8-9-13(14)15;/h6,11H,4-5,7-9H2,1-3H3,(H,14,15);/q;+1/p-1/t11-;/m1./s1. The molecule has 1 atom stereocenters. The van der Waals surface area contributed by atoms with Crippen LogP contribution in [0.2, 0.25) is 0 Å². The maximum Gasteiger partial charge on any atom is 1.00 e. The molecule has 0 bridgehead atoms. The average molecular weight is 232 g/mol. The fraction of sp³-hybridized carbons (Fsp3) is 0.615. The van der Waals surface area contributed by atoms with Gasteiger partial charge in [0.15, 0.2) is 0 Å². The van der Waals surface area contributed by atoms with E-state index in [0.29, 0.717) is 12.3 Å². The van der Waals surface area contributed by atoms with Crippen molar-refractivity contribution in [3.63, 3.8) is 0 Å². The van der Waals surface area contributed by atoms with Crippen molar-refractivity contribution in [3.05, 3.63) is 23.8 Å². The molecule has 0 aromatic heterocycles. The first-order valence-electron chi connectivity index (χ1n) is 5.44. The van der Waals surface area contributed by atoms with Gasteiger partial charge >= 0.3 is 29.6 Å². The molecule has 0 aromatic carbocycles. The van der Waals surface area contributed by atoms with Gasteiger partial charge in [0.25, 0.3) is 0 Å². The van der Waals surface area contributed by atoms with Crippen LogP contribution in [0.15, 0.2) is 23.8 Å². The number of carbonyl (C=O) groups is 1. The largest absolute Gasteiger partial charge is 1.00 e. The molecule has 0 aliphatic carbocycles. The van der Waals surface area contributed by atoms with Crippen molar-refractivity contribution in [1.29, 1.82) is 0 Å². The fourth-order valence-corrected chi connectivity index (χ4v) is 1.34. The minimum atomic E-state index is -0.993. The summed E-state index contributed by atoms with van der Waals surface area (Å²) in [7, 11) is 0. The summed E-state index contributed by atoms with van der Waals surface area (Å²) in [6.07, 6.45) is 4.90. The number of carboxylic acid groups (broad SMARTS) is 1. The van der Waals surface area contributed by atoms with Crippen LogP contribution in [0.1, 0.15) is 46.5 Å². The van der Waals surface area contributed by atoms with E-state index in [2.05, 4.69) is 33.4 Å². The number of carboxylic acids is 1. The van der Waals surface area contributed by atoms with Gasteiger partial charge in [0, 0.05) is 5.97 Å². The molecule has 0 aliphatic rings. The first-order valence-corrected chi connectivity index (χ1v) is 5.44. The first kappa shape index (κ1) is 18.3. The van der Waals surface area contributed by atoms with Crippen LogP contribution in [-0.2, 0) is 4.79 Å². The first-order chi connectivity index (χ1) is 6.93. The second-order valence-electron chi connectivity index (χ2n) is 4.29. The van der Waals surface area contributed by atoms with E-state index in [4.69, 9.17) is 0 Å². The van der Waals surface area contributed by atoms with E-state index in [0.717, 1.165) is 18.4 Å². The Kier molecular flexibility index (Phi) is 11.6. The molecule has 2 nitrogen and oxygen atoms in total. The van der Waals surface area contributed by atoms with Gasteiger partial charge < -0.3 is 9.90 Å². The summed E-state index contributed by atoms with van der Waals surface area (Å²) in [5, 5.41) is 10.3. The molecule has 0 amide bonds. The van der Waals surface area contributed by atoms with Gasteiger partial charge in [-0.05, 0) is 45.4 Å². The van der Waals surface area contributed by atoms with Crippen LogP contribution in [0.4, 0.5) is 0 Å². The zero-order valence-electron chi connectivity index (χ0n) is 11.0. The molecule has 0 fully saturated rings. The number of hydrogen-bond acceptors (Lipinski definition) is 2. The van der Waals surface area contributed by atoms with E-state index >= 15 is 0 Å². The molecule has 0 rings (SSSR count). The maximum atomic E-state index is 10.3. The van der Waals surface area contributed by atoms with Gasteiger partial charge in [-0.15, -0.1) is 0 Å². The molecule has 3 heteroatoms.